The summed E-state index contributed by atoms with van der Waals surface area (Å²) in [6, 6.07) is 8.43. The number of ether oxygens (including phenoxy) is 1. The van der Waals surface area contributed by atoms with Crippen LogP contribution < -0.4 is 5.32 Å². The molecule has 3 aromatic rings. The van der Waals surface area contributed by atoms with Crippen LogP contribution in [-0.2, 0) is 22.4 Å². The minimum absolute atomic E-state index is 0.0589. The lowest BCUT2D eigenvalue weighted by atomic mass is 9.96. The molecule has 3 heterocycles. The molecule has 2 aromatic heterocycles. The molecule has 1 aromatic carbocycles. The fraction of sp³-hybridized carbons (Fsp3) is 0.568. The molecule has 2 atom stereocenters. The molecule has 2 amide bonds. The van der Waals surface area contributed by atoms with Gasteiger partial charge in [0.25, 0.3) is 0 Å². The second-order valence-corrected chi connectivity index (χ2v) is 13.7. The number of fused-ring (bicyclic) bond motifs is 2. The zero-order valence-corrected chi connectivity index (χ0v) is 32.5. The van der Waals surface area contributed by atoms with Crippen molar-refractivity contribution < 1.29 is 14.3 Å². The summed E-state index contributed by atoms with van der Waals surface area (Å²) < 4.78 is 6.55. The summed E-state index contributed by atoms with van der Waals surface area (Å²) in [5, 5.41) is 3.48. The number of benzene rings is 1. The van der Waals surface area contributed by atoms with E-state index in [-0.39, 0.29) is 12.1 Å². The summed E-state index contributed by atoms with van der Waals surface area (Å²) in [6.45, 7) is 19.4. The number of aryl methyl sites for hydroxylation is 2. The Bertz CT molecular complexity index is 1320. The molecule has 0 radical (unpaired) electrons. The Kier molecular flexibility index (Phi) is 18.2. The number of hydrogen-bond donors (Lipinski definition) is 2. The van der Waals surface area contributed by atoms with Crippen molar-refractivity contribution in [2.75, 3.05) is 32.7 Å². The van der Waals surface area contributed by atoms with Crippen LogP contribution in [0.2, 0.25) is 5.02 Å². The number of nitrogens with zero attached hydrogens (tertiary/aromatic N) is 4. The summed E-state index contributed by atoms with van der Waals surface area (Å²) >= 11 is 9.88. The van der Waals surface area contributed by atoms with Gasteiger partial charge in [-0.15, -0.1) is 0 Å². The Balaban J connectivity index is 0.000000374. The Morgan fingerprint density at radius 3 is 2.40 bits per heavy atom. The van der Waals surface area contributed by atoms with Gasteiger partial charge in [-0.25, -0.2) is 9.78 Å². The van der Waals surface area contributed by atoms with Crippen LogP contribution in [0.1, 0.15) is 115 Å². The molecule has 9 nitrogen and oxygen atoms in total. The molecule has 266 valence electrons. The van der Waals surface area contributed by atoms with Gasteiger partial charge >= 0.3 is 6.09 Å². The summed E-state index contributed by atoms with van der Waals surface area (Å²) in [5.41, 5.74) is 5.52. The Morgan fingerprint density at radius 2 is 1.79 bits per heavy atom. The number of unbranched alkanes of at least 4 members (excludes halogenated alkanes) is 1. The van der Waals surface area contributed by atoms with E-state index in [9.17, 15) is 9.59 Å². The van der Waals surface area contributed by atoms with Crippen LogP contribution in [0.5, 0.6) is 0 Å². The van der Waals surface area contributed by atoms with Crippen molar-refractivity contribution in [1.29, 1.82) is 0 Å². The molecule has 1 saturated heterocycles. The lowest BCUT2D eigenvalue weighted by molar-refractivity contribution is -0.109. The van der Waals surface area contributed by atoms with E-state index in [2.05, 4.69) is 61.2 Å². The third-order valence-electron chi connectivity index (χ3n) is 7.93. The number of hydrogen-bond acceptors (Lipinski definition) is 6. The lowest BCUT2D eigenvalue weighted by Crippen LogP contribution is -2.51. The Morgan fingerprint density at radius 1 is 1.10 bits per heavy atom. The van der Waals surface area contributed by atoms with Crippen LogP contribution in [0.15, 0.2) is 47.5 Å². The number of amides is 2. The second-order valence-electron chi connectivity index (χ2n) is 12.3. The highest BCUT2D eigenvalue weighted by atomic mass is 79.9. The quantitative estimate of drug-likeness (QED) is 0.224. The first kappa shape index (κ1) is 41.2. The average Bonchev–Trinajstić information content (AvgIpc) is 3.57. The Hall–Kier alpha value is -2.95. The molecule has 0 bridgehead atoms. The van der Waals surface area contributed by atoms with Gasteiger partial charge in [0.2, 0.25) is 6.41 Å². The number of halogens is 2. The summed E-state index contributed by atoms with van der Waals surface area (Å²) in [5.74, 6) is 0.364. The smallest absolute Gasteiger partial charge is 0.410 e. The van der Waals surface area contributed by atoms with Crippen molar-refractivity contribution in [3.63, 3.8) is 0 Å². The van der Waals surface area contributed by atoms with Crippen molar-refractivity contribution in [3.05, 3.63) is 80.6 Å². The zero-order chi connectivity index (χ0) is 35.7. The normalized spacial score (nSPS) is 16.1. The number of aromatic nitrogens is 3. The molecular formula is C37H56BrClN6O3. The van der Waals surface area contributed by atoms with Gasteiger partial charge in [0, 0.05) is 66.2 Å². The molecule has 2 N–H and O–H groups in total. The van der Waals surface area contributed by atoms with Gasteiger partial charge in [0.15, 0.2) is 0 Å². The topological polar surface area (TPSA) is 103 Å². The van der Waals surface area contributed by atoms with E-state index in [1.807, 2.05) is 66.9 Å². The van der Waals surface area contributed by atoms with Crippen molar-refractivity contribution in [2.45, 2.75) is 105 Å². The second kappa shape index (κ2) is 21.2. The SMILES string of the molecule is CC.CC.CC(C)(C)OC(=O)N1CCN(C2c3ccc(Cl)cc3CCc3cc(Br)cnc32)CC1.CCCCC(CNC=O)c1cnc[nH]1. The number of rotatable bonds is 8. The van der Waals surface area contributed by atoms with Gasteiger partial charge in [0.05, 0.1) is 18.1 Å². The molecule has 11 heteroatoms. The summed E-state index contributed by atoms with van der Waals surface area (Å²) in [6.07, 6.45) is 11.2. The molecule has 1 aliphatic heterocycles. The third kappa shape index (κ3) is 12.5. The predicted molar refractivity (Wildman–Crippen MR) is 200 cm³/mol. The molecule has 0 spiro atoms. The van der Waals surface area contributed by atoms with Crippen molar-refractivity contribution in [2.24, 2.45) is 0 Å². The molecule has 2 unspecified atom stereocenters. The lowest BCUT2D eigenvalue weighted by Gasteiger charge is -2.40. The number of aromatic amines is 1. The third-order valence-corrected chi connectivity index (χ3v) is 8.60. The fourth-order valence-electron chi connectivity index (χ4n) is 5.77. The largest absolute Gasteiger partial charge is 0.444 e. The number of carbonyl (C=O) groups excluding carboxylic acids is 2. The highest BCUT2D eigenvalue weighted by Gasteiger charge is 2.34. The van der Waals surface area contributed by atoms with Gasteiger partial charge < -0.3 is 19.9 Å². The number of carbonyl (C=O) groups is 2. The number of pyridine rings is 1. The first-order chi connectivity index (χ1) is 23.1. The van der Waals surface area contributed by atoms with Crippen LogP contribution in [0.3, 0.4) is 0 Å². The average molecular weight is 748 g/mol. The zero-order valence-electron chi connectivity index (χ0n) is 30.1. The van der Waals surface area contributed by atoms with Gasteiger partial charge in [-0.1, -0.05) is 65.1 Å². The van der Waals surface area contributed by atoms with Gasteiger partial charge in [-0.2, -0.15) is 0 Å². The van der Waals surface area contributed by atoms with Crippen LogP contribution in [-0.4, -0.2) is 75.6 Å². The number of imidazole rings is 1. The highest BCUT2D eigenvalue weighted by molar-refractivity contribution is 9.10. The van der Waals surface area contributed by atoms with Gasteiger partial charge in [-0.05, 0) is 90.9 Å². The molecule has 0 saturated carbocycles. The minimum Gasteiger partial charge on any atom is -0.444 e. The molecule has 1 aliphatic carbocycles. The standard InChI is InChI=1S/C23H27BrClN3O2.C10H17N3O.2C2H6/c1-23(2,3)30-22(29)28-10-8-27(9-11-28)21-19-7-6-18(25)13-15(19)4-5-16-12-17(24)14-26-20(16)21;1-2-3-4-9(5-12-8-14)10-6-11-7-13-10;2*1-2/h6-7,12-14,21H,4-5,8-11H2,1-3H3;6-9H,2-5H2,1H3,(H,11,13)(H,12,14);2*1-2H3. The Labute approximate surface area is 301 Å². The maximum atomic E-state index is 12.5. The number of piperazine rings is 1. The van der Waals surface area contributed by atoms with E-state index in [1.165, 1.54) is 29.5 Å². The molecule has 48 heavy (non-hydrogen) atoms. The predicted octanol–water partition coefficient (Wildman–Crippen LogP) is 8.72. The van der Waals surface area contributed by atoms with Crippen LogP contribution in [0.25, 0.3) is 0 Å². The van der Waals surface area contributed by atoms with E-state index in [0.29, 0.717) is 25.6 Å². The van der Waals surface area contributed by atoms with Crippen molar-refractivity contribution in [3.8, 4) is 0 Å². The first-order valence-corrected chi connectivity index (χ1v) is 18.6. The highest BCUT2D eigenvalue weighted by Crippen LogP contribution is 2.38. The molecule has 2 aliphatic rings. The summed E-state index contributed by atoms with van der Waals surface area (Å²) in [7, 11) is 0. The van der Waals surface area contributed by atoms with Crippen molar-refractivity contribution >= 4 is 40.0 Å². The monoisotopic (exact) mass is 746 g/mol. The molecule has 1 fully saturated rings. The fourth-order valence-corrected chi connectivity index (χ4v) is 6.34. The van der Waals surface area contributed by atoms with Gasteiger partial charge in [0.1, 0.15) is 5.60 Å². The number of H-pyrrole nitrogens is 1. The van der Waals surface area contributed by atoms with E-state index in [4.69, 9.17) is 21.3 Å². The van der Waals surface area contributed by atoms with Crippen LogP contribution >= 0.6 is 27.5 Å². The van der Waals surface area contributed by atoms with Crippen molar-refractivity contribution in [1.82, 2.24) is 30.1 Å². The van der Waals surface area contributed by atoms with E-state index >= 15 is 0 Å². The number of nitrogens with one attached hydrogen (secondary N) is 2. The maximum absolute atomic E-state index is 12.5. The molecular weight excluding hydrogens is 692 g/mol. The maximum Gasteiger partial charge on any atom is 0.410 e. The van der Waals surface area contributed by atoms with E-state index in [0.717, 1.165) is 59.6 Å². The van der Waals surface area contributed by atoms with Crippen LogP contribution in [0.4, 0.5) is 4.79 Å². The minimum atomic E-state index is -0.482. The van der Waals surface area contributed by atoms with Gasteiger partial charge in [-0.3, -0.25) is 14.7 Å². The molecule has 5 rings (SSSR count). The van der Waals surface area contributed by atoms with Crippen LogP contribution in [0, 0.1) is 0 Å². The first-order valence-electron chi connectivity index (χ1n) is 17.4. The summed E-state index contributed by atoms with van der Waals surface area (Å²) in [4.78, 5) is 38.8. The van der Waals surface area contributed by atoms with E-state index < -0.39 is 5.60 Å². The van der Waals surface area contributed by atoms with E-state index in [1.54, 1.807) is 11.2 Å².